The van der Waals surface area contributed by atoms with Gasteiger partial charge in [0.05, 0.1) is 20.3 Å². The summed E-state index contributed by atoms with van der Waals surface area (Å²) in [7, 11) is -4.08. The zero-order valence-corrected chi connectivity index (χ0v) is 9.92. The Bertz CT molecular complexity index is 320. The van der Waals surface area contributed by atoms with Gasteiger partial charge >= 0.3 is 15.4 Å². The lowest BCUT2D eigenvalue weighted by molar-refractivity contribution is -0.188. The van der Waals surface area contributed by atoms with E-state index in [1.165, 1.54) is 0 Å². The fourth-order valence-corrected chi connectivity index (χ4v) is 1.56. The summed E-state index contributed by atoms with van der Waals surface area (Å²) in [4.78, 5) is 0. The molecule has 2 unspecified atom stereocenters. The van der Waals surface area contributed by atoms with E-state index in [1.807, 2.05) is 0 Å². The van der Waals surface area contributed by atoms with E-state index >= 15 is 0 Å². The number of methoxy groups -OCH3 is 1. The van der Waals surface area contributed by atoms with Gasteiger partial charge in [-0.1, -0.05) is 0 Å². The van der Waals surface area contributed by atoms with E-state index < -0.39 is 41.0 Å². The first-order valence-corrected chi connectivity index (χ1v) is 5.72. The lowest BCUT2D eigenvalue weighted by Gasteiger charge is -2.27. The van der Waals surface area contributed by atoms with Crippen LogP contribution in [0.4, 0.5) is 13.2 Å². The Morgan fingerprint density at radius 2 is 1.88 bits per heavy atom. The lowest BCUT2D eigenvalue weighted by atomic mass is 10.3. The first-order valence-electron chi connectivity index (χ1n) is 4.32. The Hall–Kier alpha value is -0.420. The van der Waals surface area contributed by atoms with Crippen LogP contribution in [0.3, 0.4) is 0 Å². The van der Waals surface area contributed by atoms with E-state index in [9.17, 15) is 21.6 Å². The van der Waals surface area contributed by atoms with E-state index in [0.29, 0.717) is 7.11 Å². The highest BCUT2D eigenvalue weighted by atomic mass is 32.2. The fraction of sp³-hybridized carbons (Fsp3) is 1.00. The first kappa shape index (κ1) is 16.6. The molecule has 1 N–H and O–H groups in total. The number of halogens is 3. The minimum absolute atomic E-state index is 0.506. The van der Waals surface area contributed by atoms with Gasteiger partial charge in [-0.15, -0.1) is 0 Å². The Kier molecular flexibility index (Phi) is 6.34. The van der Waals surface area contributed by atoms with Gasteiger partial charge in [-0.05, 0) is 0 Å². The number of aliphatic hydroxyl groups is 1. The van der Waals surface area contributed by atoms with Crippen LogP contribution in [0.2, 0.25) is 0 Å². The molecule has 0 bridgehead atoms. The predicted molar refractivity (Wildman–Crippen MR) is 49.6 cm³/mol. The average molecular weight is 282 g/mol. The van der Waals surface area contributed by atoms with Crippen LogP contribution in [0, 0.1) is 0 Å². The summed E-state index contributed by atoms with van der Waals surface area (Å²) < 4.78 is 73.5. The molecule has 17 heavy (non-hydrogen) atoms. The summed E-state index contributed by atoms with van der Waals surface area (Å²) >= 11 is 0. The number of hydrogen-bond donors (Lipinski definition) is 1. The Morgan fingerprint density at radius 3 is 2.24 bits per heavy atom. The number of ether oxygens (including phenoxy) is 2. The fourth-order valence-electron chi connectivity index (χ4n) is 0.882. The van der Waals surface area contributed by atoms with Crippen molar-refractivity contribution < 1.29 is 40.4 Å². The van der Waals surface area contributed by atoms with Gasteiger partial charge in [-0.2, -0.15) is 17.2 Å². The quantitative estimate of drug-likeness (QED) is 0.625. The number of hydrogen-bond acceptors (Lipinski definition) is 6. The van der Waals surface area contributed by atoms with Gasteiger partial charge in [0.2, 0.25) is 6.36 Å². The second-order valence-corrected chi connectivity index (χ2v) is 4.57. The highest BCUT2D eigenvalue weighted by Gasteiger charge is 2.57. The molecule has 0 aliphatic carbocycles. The Labute approximate surface area is 96.4 Å². The molecule has 0 spiro atoms. The number of rotatable bonds is 8. The molecule has 0 aromatic rings. The van der Waals surface area contributed by atoms with Crippen molar-refractivity contribution in [3.63, 3.8) is 0 Å². The van der Waals surface area contributed by atoms with Crippen LogP contribution in [0.15, 0.2) is 0 Å². The topological polar surface area (TPSA) is 82.1 Å². The van der Waals surface area contributed by atoms with Crippen molar-refractivity contribution in [2.45, 2.75) is 17.7 Å². The van der Waals surface area contributed by atoms with Crippen LogP contribution < -0.4 is 0 Å². The van der Waals surface area contributed by atoms with Crippen molar-refractivity contribution in [3.05, 3.63) is 0 Å². The SMILES string of the molecule is COC(F)C(OCCO)C(F)(F)S(=O)(=O)OC. The van der Waals surface area contributed by atoms with Crippen molar-refractivity contribution >= 4 is 10.1 Å². The molecule has 10 heteroatoms. The molecule has 0 aliphatic rings. The van der Waals surface area contributed by atoms with Crippen LogP contribution >= 0.6 is 0 Å². The van der Waals surface area contributed by atoms with Gasteiger partial charge in [-0.3, -0.25) is 4.18 Å². The second kappa shape index (κ2) is 6.50. The predicted octanol–water partition coefficient (Wildman–Crippen LogP) is -0.125. The number of aliphatic hydroxyl groups excluding tert-OH is 1. The molecule has 0 aliphatic heterocycles. The normalized spacial score (nSPS) is 16.8. The van der Waals surface area contributed by atoms with Gasteiger partial charge < -0.3 is 14.6 Å². The Balaban J connectivity index is 5.14. The van der Waals surface area contributed by atoms with Crippen molar-refractivity contribution in [1.82, 2.24) is 0 Å². The molecule has 0 radical (unpaired) electrons. The molecule has 0 aromatic carbocycles. The standard InChI is InChI=1S/C7H13F3O6S/c1-14-6(8)5(16-4-3-11)7(9,10)17(12,13)15-2/h5-6,11H,3-4H2,1-2H3. The maximum atomic E-state index is 13.4. The molecule has 0 heterocycles. The van der Waals surface area contributed by atoms with Gasteiger partial charge in [0.25, 0.3) is 0 Å². The molecule has 0 saturated heterocycles. The summed E-state index contributed by atoms with van der Waals surface area (Å²) in [6, 6.07) is 0. The molecular weight excluding hydrogens is 269 g/mol. The zero-order chi connectivity index (χ0) is 13.7. The van der Waals surface area contributed by atoms with E-state index in [-0.39, 0.29) is 0 Å². The largest absolute Gasteiger partial charge is 0.400 e. The van der Waals surface area contributed by atoms with Crippen LogP contribution in [-0.2, 0) is 23.8 Å². The van der Waals surface area contributed by atoms with Crippen LogP contribution in [-0.4, -0.2) is 58.7 Å². The van der Waals surface area contributed by atoms with Gasteiger partial charge in [0.15, 0.2) is 6.10 Å². The number of alkyl halides is 3. The third-order valence-electron chi connectivity index (χ3n) is 1.74. The molecule has 0 fully saturated rings. The lowest BCUT2D eigenvalue weighted by Crippen LogP contribution is -2.49. The minimum Gasteiger partial charge on any atom is -0.394 e. The van der Waals surface area contributed by atoms with Gasteiger partial charge in [0, 0.05) is 7.11 Å². The van der Waals surface area contributed by atoms with Crippen LogP contribution in [0.1, 0.15) is 0 Å². The molecule has 104 valence electrons. The monoisotopic (exact) mass is 282 g/mol. The highest BCUT2D eigenvalue weighted by molar-refractivity contribution is 7.87. The Morgan fingerprint density at radius 1 is 1.35 bits per heavy atom. The van der Waals surface area contributed by atoms with Crippen LogP contribution in [0.5, 0.6) is 0 Å². The van der Waals surface area contributed by atoms with Gasteiger partial charge in [-0.25, -0.2) is 4.39 Å². The highest BCUT2D eigenvalue weighted by Crippen LogP contribution is 2.32. The molecule has 0 amide bonds. The van der Waals surface area contributed by atoms with Gasteiger partial charge in [0.1, 0.15) is 0 Å². The molecule has 0 rings (SSSR count). The third-order valence-corrected chi connectivity index (χ3v) is 3.07. The average Bonchev–Trinajstić information content (AvgIpc) is 2.28. The molecule has 2 atom stereocenters. The maximum absolute atomic E-state index is 13.4. The van der Waals surface area contributed by atoms with E-state index in [4.69, 9.17) is 5.11 Å². The van der Waals surface area contributed by atoms with Crippen molar-refractivity contribution in [2.75, 3.05) is 27.4 Å². The minimum atomic E-state index is -5.34. The van der Waals surface area contributed by atoms with E-state index in [2.05, 4.69) is 13.7 Å². The van der Waals surface area contributed by atoms with Crippen molar-refractivity contribution in [1.29, 1.82) is 0 Å². The van der Waals surface area contributed by atoms with Crippen LogP contribution in [0.25, 0.3) is 0 Å². The smallest absolute Gasteiger partial charge is 0.394 e. The first-order chi connectivity index (χ1) is 7.74. The zero-order valence-electron chi connectivity index (χ0n) is 9.10. The second-order valence-electron chi connectivity index (χ2n) is 2.78. The maximum Gasteiger partial charge on any atom is 0.400 e. The molecular formula is C7H13F3O6S. The molecule has 0 saturated carbocycles. The summed E-state index contributed by atoms with van der Waals surface area (Å²) in [5.41, 5.74) is 0. The molecule has 0 aromatic heterocycles. The van der Waals surface area contributed by atoms with Crippen molar-refractivity contribution in [2.24, 2.45) is 0 Å². The summed E-state index contributed by atoms with van der Waals surface area (Å²) in [6.07, 6.45) is -5.42. The summed E-state index contributed by atoms with van der Waals surface area (Å²) in [6.45, 7) is -1.36. The summed E-state index contributed by atoms with van der Waals surface area (Å²) in [5.74, 6) is 0. The molecule has 6 nitrogen and oxygen atoms in total. The third kappa shape index (κ3) is 3.78. The van der Waals surface area contributed by atoms with E-state index in [0.717, 1.165) is 7.11 Å². The van der Waals surface area contributed by atoms with Crippen molar-refractivity contribution in [3.8, 4) is 0 Å². The van der Waals surface area contributed by atoms with E-state index in [1.54, 1.807) is 0 Å². The summed E-state index contributed by atoms with van der Waals surface area (Å²) in [5, 5.41) is 3.74.